The number of sulfonamides is 1. The van der Waals surface area contributed by atoms with E-state index in [1.165, 1.54) is 17.7 Å². The summed E-state index contributed by atoms with van der Waals surface area (Å²) in [5.41, 5.74) is 1.24. The van der Waals surface area contributed by atoms with Gasteiger partial charge in [-0.2, -0.15) is 0 Å². The summed E-state index contributed by atoms with van der Waals surface area (Å²) in [5.74, 6) is -0.156. The Balaban J connectivity index is 1.52. The summed E-state index contributed by atoms with van der Waals surface area (Å²) in [6, 6.07) is 16.3. The van der Waals surface area contributed by atoms with Crippen LogP contribution in [0.5, 0.6) is 0 Å². The second-order valence-electron chi connectivity index (χ2n) is 7.24. The van der Waals surface area contributed by atoms with Gasteiger partial charge in [0.05, 0.1) is 4.90 Å². The van der Waals surface area contributed by atoms with Crippen LogP contribution in [0.1, 0.15) is 37.7 Å². The van der Waals surface area contributed by atoms with Crippen molar-refractivity contribution in [1.82, 2.24) is 10.0 Å². The van der Waals surface area contributed by atoms with E-state index in [1.54, 1.807) is 12.1 Å². The molecule has 1 saturated carbocycles. The lowest BCUT2D eigenvalue weighted by Gasteiger charge is -2.30. The summed E-state index contributed by atoms with van der Waals surface area (Å²) in [6.45, 7) is 0.621. The van der Waals surface area contributed by atoms with E-state index in [1.807, 2.05) is 18.2 Å². The molecule has 150 valence electrons. The Morgan fingerprint density at radius 1 is 1.04 bits per heavy atom. The third-order valence-electron chi connectivity index (χ3n) is 5.32. The van der Waals surface area contributed by atoms with Gasteiger partial charge in [0.2, 0.25) is 15.9 Å². The first-order valence-corrected chi connectivity index (χ1v) is 11.3. The van der Waals surface area contributed by atoms with Crippen LogP contribution < -0.4 is 10.0 Å². The fourth-order valence-corrected chi connectivity index (χ4v) is 5.12. The maximum Gasteiger partial charge on any atom is 0.240 e. The van der Waals surface area contributed by atoms with Crippen molar-refractivity contribution in [2.45, 2.75) is 42.4 Å². The number of benzene rings is 2. The van der Waals surface area contributed by atoms with Gasteiger partial charge in [0, 0.05) is 29.9 Å². The fourth-order valence-electron chi connectivity index (χ4n) is 3.78. The number of carbonyl (C=O) groups excluding carboxylic acids is 1. The Bertz CT molecular complexity index is 910. The molecule has 28 heavy (non-hydrogen) atoms. The zero-order chi connectivity index (χ0) is 20.0. The first kappa shape index (κ1) is 20.8. The molecule has 0 aromatic heterocycles. The first-order chi connectivity index (χ1) is 13.4. The molecule has 1 aliphatic rings. The molecular weight excluding hydrogens is 396 g/mol. The average molecular weight is 421 g/mol. The van der Waals surface area contributed by atoms with Crippen molar-refractivity contribution in [3.63, 3.8) is 0 Å². The van der Waals surface area contributed by atoms with Gasteiger partial charge >= 0.3 is 0 Å². The van der Waals surface area contributed by atoms with Gasteiger partial charge in [0.1, 0.15) is 0 Å². The van der Waals surface area contributed by atoms with Crippen LogP contribution in [-0.2, 0) is 20.2 Å². The van der Waals surface area contributed by atoms with Gasteiger partial charge in [0.25, 0.3) is 0 Å². The highest BCUT2D eigenvalue weighted by atomic mass is 35.5. The van der Waals surface area contributed by atoms with E-state index in [0.29, 0.717) is 11.6 Å². The lowest BCUT2D eigenvalue weighted by molar-refractivity contribution is -0.121. The van der Waals surface area contributed by atoms with Crippen molar-refractivity contribution >= 4 is 27.5 Å². The molecule has 0 radical (unpaired) electrons. The summed E-state index contributed by atoms with van der Waals surface area (Å²) in [5, 5.41) is 3.35. The Morgan fingerprint density at radius 2 is 1.75 bits per heavy atom. The summed E-state index contributed by atoms with van der Waals surface area (Å²) in [4.78, 5) is 12.4. The van der Waals surface area contributed by atoms with E-state index in [-0.39, 0.29) is 29.2 Å². The topological polar surface area (TPSA) is 75.3 Å². The zero-order valence-electron chi connectivity index (χ0n) is 15.7. The summed E-state index contributed by atoms with van der Waals surface area (Å²) in [6.07, 6.45) is 4.51. The van der Waals surface area contributed by atoms with Gasteiger partial charge < -0.3 is 5.32 Å². The molecule has 0 heterocycles. The summed E-state index contributed by atoms with van der Waals surface area (Å²) >= 11 is 5.85. The predicted octanol–water partition coefficient (Wildman–Crippen LogP) is 3.64. The van der Waals surface area contributed by atoms with Crippen molar-refractivity contribution in [2.75, 3.05) is 13.1 Å². The molecule has 2 N–H and O–H groups in total. The molecule has 0 aliphatic heterocycles. The number of halogens is 1. The number of nitrogens with one attached hydrogen (secondary N) is 2. The van der Waals surface area contributed by atoms with Gasteiger partial charge in [0.15, 0.2) is 0 Å². The molecule has 0 spiro atoms. The molecule has 7 heteroatoms. The maximum atomic E-state index is 12.3. The largest absolute Gasteiger partial charge is 0.355 e. The summed E-state index contributed by atoms with van der Waals surface area (Å²) in [7, 11) is -3.68. The molecule has 0 atom stereocenters. The highest BCUT2D eigenvalue weighted by molar-refractivity contribution is 7.89. The SMILES string of the molecule is O=C(CCNS(=O)(=O)c1cccc(Cl)c1)NCC1(c2ccccc2)CCCC1. The number of rotatable bonds is 8. The molecule has 2 aromatic carbocycles. The third kappa shape index (κ3) is 5.13. The molecular formula is C21H25ClN2O3S. The van der Waals surface area contributed by atoms with Crippen molar-refractivity contribution in [1.29, 1.82) is 0 Å². The zero-order valence-corrected chi connectivity index (χ0v) is 17.2. The van der Waals surface area contributed by atoms with Gasteiger partial charge in [-0.25, -0.2) is 13.1 Å². The molecule has 0 bridgehead atoms. The Hall–Kier alpha value is -1.89. The van der Waals surface area contributed by atoms with Gasteiger partial charge in [-0.3, -0.25) is 4.79 Å². The van der Waals surface area contributed by atoms with Crippen LogP contribution in [0.3, 0.4) is 0 Å². The van der Waals surface area contributed by atoms with E-state index in [9.17, 15) is 13.2 Å². The number of carbonyl (C=O) groups is 1. The van der Waals surface area contributed by atoms with Crippen molar-refractivity contribution in [2.24, 2.45) is 0 Å². The average Bonchev–Trinajstić information content (AvgIpc) is 3.17. The molecule has 0 saturated heterocycles. The summed E-state index contributed by atoms with van der Waals surface area (Å²) < 4.78 is 27.0. The lowest BCUT2D eigenvalue weighted by atomic mass is 9.79. The molecule has 5 nitrogen and oxygen atoms in total. The number of amides is 1. The van der Waals surface area contributed by atoms with Crippen LogP contribution in [0.2, 0.25) is 5.02 Å². The minimum atomic E-state index is -3.68. The minimum absolute atomic E-state index is 0.0167. The molecule has 0 unspecified atom stereocenters. The number of hydrogen-bond acceptors (Lipinski definition) is 3. The molecule has 3 rings (SSSR count). The third-order valence-corrected chi connectivity index (χ3v) is 7.02. The van der Waals surface area contributed by atoms with Crippen LogP contribution >= 0.6 is 11.6 Å². The highest BCUT2D eigenvalue weighted by Gasteiger charge is 2.35. The smallest absolute Gasteiger partial charge is 0.240 e. The Kier molecular flexibility index (Phi) is 6.75. The molecule has 2 aromatic rings. The lowest BCUT2D eigenvalue weighted by Crippen LogP contribution is -2.40. The second kappa shape index (κ2) is 9.07. The van der Waals surface area contributed by atoms with E-state index in [2.05, 4.69) is 22.2 Å². The highest BCUT2D eigenvalue weighted by Crippen LogP contribution is 2.40. The van der Waals surface area contributed by atoms with Crippen molar-refractivity contribution in [3.8, 4) is 0 Å². The Morgan fingerprint density at radius 3 is 2.43 bits per heavy atom. The van der Waals surface area contributed by atoms with Crippen LogP contribution in [0.25, 0.3) is 0 Å². The van der Waals surface area contributed by atoms with Gasteiger partial charge in [-0.05, 0) is 36.6 Å². The van der Waals surface area contributed by atoms with Crippen molar-refractivity contribution < 1.29 is 13.2 Å². The molecule has 1 aliphatic carbocycles. The van der Waals surface area contributed by atoms with Crippen LogP contribution in [-0.4, -0.2) is 27.4 Å². The standard InChI is InChI=1S/C21H25ClN2O3S/c22-18-9-6-10-19(15-18)28(26,27)24-14-11-20(25)23-16-21(12-4-5-13-21)17-7-2-1-3-8-17/h1-3,6-10,15,24H,4-5,11-14,16H2,(H,23,25). The van der Waals surface area contributed by atoms with E-state index in [4.69, 9.17) is 11.6 Å². The monoisotopic (exact) mass is 420 g/mol. The van der Waals surface area contributed by atoms with Gasteiger partial charge in [-0.1, -0.05) is 60.8 Å². The van der Waals surface area contributed by atoms with Gasteiger partial charge in [-0.15, -0.1) is 0 Å². The first-order valence-electron chi connectivity index (χ1n) is 9.49. The second-order valence-corrected chi connectivity index (χ2v) is 9.44. The quantitative estimate of drug-likeness (QED) is 0.684. The number of hydrogen-bond donors (Lipinski definition) is 2. The minimum Gasteiger partial charge on any atom is -0.355 e. The van der Waals surface area contributed by atoms with Crippen LogP contribution in [0.15, 0.2) is 59.5 Å². The van der Waals surface area contributed by atoms with Crippen LogP contribution in [0, 0.1) is 0 Å². The van der Waals surface area contributed by atoms with E-state index < -0.39 is 10.0 Å². The van der Waals surface area contributed by atoms with Crippen molar-refractivity contribution in [3.05, 3.63) is 65.2 Å². The molecule has 1 fully saturated rings. The van der Waals surface area contributed by atoms with E-state index in [0.717, 1.165) is 25.7 Å². The van der Waals surface area contributed by atoms with E-state index >= 15 is 0 Å². The molecule has 1 amide bonds. The predicted molar refractivity (Wildman–Crippen MR) is 111 cm³/mol. The Labute approximate surface area is 171 Å². The fraction of sp³-hybridized carbons (Fsp3) is 0.381. The normalized spacial score (nSPS) is 16.0. The van der Waals surface area contributed by atoms with Crippen LogP contribution in [0.4, 0.5) is 0 Å². The maximum absolute atomic E-state index is 12.3.